The van der Waals surface area contributed by atoms with Crippen molar-refractivity contribution in [3.8, 4) is 0 Å². The van der Waals surface area contributed by atoms with Crippen molar-refractivity contribution >= 4 is 0 Å². The highest BCUT2D eigenvalue weighted by molar-refractivity contribution is 5.22. The summed E-state index contributed by atoms with van der Waals surface area (Å²) in [4.78, 5) is 0. The Morgan fingerprint density at radius 3 is 3.38 bits per heavy atom. The van der Waals surface area contributed by atoms with Crippen LogP contribution in [0.15, 0.2) is 6.20 Å². The van der Waals surface area contributed by atoms with Gasteiger partial charge in [-0.25, -0.2) is 0 Å². The van der Waals surface area contributed by atoms with Crippen molar-refractivity contribution in [2.45, 2.75) is 38.6 Å². The van der Waals surface area contributed by atoms with Crippen LogP contribution in [0.5, 0.6) is 0 Å². The van der Waals surface area contributed by atoms with Gasteiger partial charge in [0.1, 0.15) is 0 Å². The second-order valence-corrected chi connectivity index (χ2v) is 3.66. The lowest BCUT2D eigenvalue weighted by Crippen LogP contribution is -2.20. The van der Waals surface area contributed by atoms with Crippen molar-refractivity contribution in [1.82, 2.24) is 15.5 Å². The van der Waals surface area contributed by atoms with Crippen molar-refractivity contribution in [2.75, 3.05) is 6.54 Å². The fourth-order valence-electron chi connectivity index (χ4n) is 2.09. The van der Waals surface area contributed by atoms with Crippen LogP contribution >= 0.6 is 0 Å². The van der Waals surface area contributed by atoms with Crippen LogP contribution < -0.4 is 5.32 Å². The summed E-state index contributed by atoms with van der Waals surface area (Å²) in [7, 11) is 0. The fraction of sp³-hybridized carbons (Fsp3) is 0.700. The van der Waals surface area contributed by atoms with E-state index >= 15 is 0 Å². The summed E-state index contributed by atoms with van der Waals surface area (Å²) in [6.45, 7) is 3.19. The molecule has 1 aliphatic rings. The molecule has 72 valence electrons. The lowest BCUT2D eigenvalue weighted by atomic mass is 10.1. The molecule has 1 aliphatic carbocycles. The van der Waals surface area contributed by atoms with Gasteiger partial charge in [-0.3, -0.25) is 5.10 Å². The zero-order valence-electron chi connectivity index (χ0n) is 8.14. The van der Waals surface area contributed by atoms with Crippen molar-refractivity contribution in [3.63, 3.8) is 0 Å². The van der Waals surface area contributed by atoms with Crippen LogP contribution in [0.1, 0.15) is 43.5 Å². The first kappa shape index (κ1) is 8.75. The molecule has 1 unspecified atom stereocenters. The maximum Gasteiger partial charge on any atom is 0.0538 e. The van der Waals surface area contributed by atoms with E-state index in [1.165, 1.54) is 30.5 Å². The zero-order valence-corrected chi connectivity index (χ0v) is 8.14. The van der Waals surface area contributed by atoms with Gasteiger partial charge in [0.2, 0.25) is 0 Å². The lowest BCUT2D eigenvalue weighted by molar-refractivity contribution is 0.503. The number of hydrogen-bond donors (Lipinski definition) is 2. The molecule has 0 fully saturated rings. The van der Waals surface area contributed by atoms with Gasteiger partial charge in [-0.2, -0.15) is 5.10 Å². The normalized spacial score (nSPS) is 22.4. The minimum absolute atomic E-state index is 0.529. The quantitative estimate of drug-likeness (QED) is 0.679. The number of hydrogen-bond acceptors (Lipinski definition) is 2. The van der Waals surface area contributed by atoms with Gasteiger partial charge in [0, 0.05) is 17.3 Å². The number of fused-ring (bicyclic) bond motifs is 1. The minimum Gasteiger partial charge on any atom is -0.310 e. The predicted octanol–water partition coefficient (Wildman–Crippen LogP) is 1.79. The Morgan fingerprint density at radius 1 is 1.62 bits per heavy atom. The SMILES string of the molecule is CCNC1CCCCc2[nH]ncc21. The number of nitrogens with zero attached hydrogens (tertiary/aromatic N) is 1. The highest BCUT2D eigenvalue weighted by Crippen LogP contribution is 2.26. The molecule has 3 nitrogen and oxygen atoms in total. The predicted molar refractivity (Wildman–Crippen MR) is 52.6 cm³/mol. The van der Waals surface area contributed by atoms with E-state index in [2.05, 4.69) is 22.4 Å². The molecule has 1 aromatic heterocycles. The highest BCUT2D eigenvalue weighted by Gasteiger charge is 2.18. The van der Waals surface area contributed by atoms with Crippen molar-refractivity contribution in [3.05, 3.63) is 17.5 Å². The third kappa shape index (κ3) is 1.75. The van der Waals surface area contributed by atoms with Gasteiger partial charge in [0.25, 0.3) is 0 Å². The molecule has 0 spiro atoms. The third-order valence-electron chi connectivity index (χ3n) is 2.75. The second-order valence-electron chi connectivity index (χ2n) is 3.66. The Kier molecular flexibility index (Phi) is 2.64. The van der Waals surface area contributed by atoms with Crippen molar-refractivity contribution in [2.24, 2.45) is 0 Å². The molecule has 2 N–H and O–H groups in total. The maximum absolute atomic E-state index is 4.11. The lowest BCUT2D eigenvalue weighted by Gasteiger charge is -2.14. The molecular formula is C10H17N3. The van der Waals surface area contributed by atoms with E-state index in [0.717, 1.165) is 13.0 Å². The summed E-state index contributed by atoms with van der Waals surface area (Å²) in [6, 6.07) is 0.529. The first-order valence-corrected chi connectivity index (χ1v) is 5.17. The molecule has 0 aliphatic heterocycles. The Balaban J connectivity index is 2.20. The van der Waals surface area contributed by atoms with Gasteiger partial charge in [-0.15, -0.1) is 0 Å². The Labute approximate surface area is 78.9 Å². The monoisotopic (exact) mass is 179 g/mol. The summed E-state index contributed by atoms with van der Waals surface area (Å²) in [5.41, 5.74) is 2.72. The summed E-state index contributed by atoms with van der Waals surface area (Å²) < 4.78 is 0. The van der Waals surface area contributed by atoms with Crippen molar-refractivity contribution < 1.29 is 0 Å². The van der Waals surface area contributed by atoms with Gasteiger partial charge >= 0.3 is 0 Å². The van der Waals surface area contributed by atoms with Crippen molar-refractivity contribution in [1.29, 1.82) is 0 Å². The minimum atomic E-state index is 0.529. The fourth-order valence-corrected chi connectivity index (χ4v) is 2.09. The molecule has 13 heavy (non-hydrogen) atoms. The van der Waals surface area contributed by atoms with Gasteiger partial charge in [0.05, 0.1) is 6.20 Å². The zero-order chi connectivity index (χ0) is 9.10. The largest absolute Gasteiger partial charge is 0.310 e. The molecule has 3 heteroatoms. The molecule has 0 radical (unpaired) electrons. The summed E-state index contributed by atoms with van der Waals surface area (Å²) in [5, 5.41) is 10.7. The second kappa shape index (κ2) is 3.92. The molecule has 1 aromatic rings. The number of aromatic amines is 1. The van der Waals surface area contributed by atoms with E-state index in [1.807, 2.05) is 6.20 Å². The van der Waals surface area contributed by atoms with Crippen LogP contribution in [-0.2, 0) is 6.42 Å². The van der Waals surface area contributed by atoms with Gasteiger partial charge in [0.15, 0.2) is 0 Å². The van der Waals surface area contributed by atoms with Crippen LogP contribution in [0, 0.1) is 0 Å². The maximum atomic E-state index is 4.11. The smallest absolute Gasteiger partial charge is 0.0538 e. The van der Waals surface area contributed by atoms with E-state index in [1.54, 1.807) is 0 Å². The molecule has 1 atom stereocenters. The number of nitrogens with one attached hydrogen (secondary N) is 2. The van der Waals surface area contributed by atoms with Gasteiger partial charge in [-0.1, -0.05) is 13.3 Å². The van der Waals surface area contributed by atoms with Gasteiger partial charge < -0.3 is 5.32 Å². The molecule has 2 rings (SSSR count). The Morgan fingerprint density at radius 2 is 2.54 bits per heavy atom. The van der Waals surface area contributed by atoms with Crippen LogP contribution in [0.4, 0.5) is 0 Å². The molecule has 0 saturated carbocycles. The van der Waals surface area contributed by atoms with E-state index in [-0.39, 0.29) is 0 Å². The average Bonchev–Trinajstić information content (AvgIpc) is 2.52. The Bertz CT molecular complexity index is 267. The molecule has 0 amide bonds. The standard InChI is InChI=1S/C10H17N3/c1-2-11-9-5-3-4-6-10-8(9)7-12-13-10/h7,9,11H,2-6H2,1H3,(H,12,13). The molecule has 0 saturated heterocycles. The van der Waals surface area contributed by atoms with E-state index in [4.69, 9.17) is 0 Å². The summed E-state index contributed by atoms with van der Waals surface area (Å²) in [5.74, 6) is 0. The number of aryl methyl sites for hydroxylation is 1. The third-order valence-corrected chi connectivity index (χ3v) is 2.75. The number of rotatable bonds is 2. The molecular weight excluding hydrogens is 162 g/mol. The first-order chi connectivity index (χ1) is 6.42. The molecule has 0 aromatic carbocycles. The Hall–Kier alpha value is -0.830. The molecule has 0 bridgehead atoms. The first-order valence-electron chi connectivity index (χ1n) is 5.17. The van der Waals surface area contributed by atoms with E-state index < -0.39 is 0 Å². The number of aromatic nitrogens is 2. The van der Waals surface area contributed by atoms with Gasteiger partial charge in [-0.05, 0) is 25.8 Å². The van der Waals surface area contributed by atoms with E-state index in [9.17, 15) is 0 Å². The number of H-pyrrole nitrogens is 1. The van der Waals surface area contributed by atoms with Crippen LogP contribution in [0.25, 0.3) is 0 Å². The summed E-state index contributed by atoms with van der Waals surface area (Å²) in [6.07, 6.45) is 7.00. The van der Waals surface area contributed by atoms with Crippen LogP contribution in [0.2, 0.25) is 0 Å². The average molecular weight is 179 g/mol. The van der Waals surface area contributed by atoms with Crippen LogP contribution in [-0.4, -0.2) is 16.7 Å². The highest BCUT2D eigenvalue weighted by atomic mass is 15.1. The topological polar surface area (TPSA) is 40.7 Å². The summed E-state index contributed by atoms with van der Waals surface area (Å²) >= 11 is 0. The van der Waals surface area contributed by atoms with E-state index in [0.29, 0.717) is 6.04 Å². The molecule has 1 heterocycles. The van der Waals surface area contributed by atoms with Crippen LogP contribution in [0.3, 0.4) is 0 Å².